The molecule has 1 aliphatic rings. The summed E-state index contributed by atoms with van der Waals surface area (Å²) in [5.74, 6) is -2.15. The van der Waals surface area contributed by atoms with E-state index in [-0.39, 0.29) is 11.7 Å². The van der Waals surface area contributed by atoms with E-state index in [0.717, 1.165) is 44.1 Å². The van der Waals surface area contributed by atoms with Gasteiger partial charge in [-0.2, -0.15) is 0 Å². The summed E-state index contributed by atoms with van der Waals surface area (Å²) in [5, 5.41) is 2.96. The minimum absolute atomic E-state index is 0.0579. The molecule has 0 aliphatic heterocycles. The zero-order chi connectivity index (χ0) is 13.8. The summed E-state index contributed by atoms with van der Waals surface area (Å²) in [4.78, 5) is 0. The van der Waals surface area contributed by atoms with E-state index in [1.165, 1.54) is 6.42 Å². The molecule has 1 saturated carbocycles. The van der Waals surface area contributed by atoms with Gasteiger partial charge in [0.2, 0.25) is 0 Å². The van der Waals surface area contributed by atoms with Crippen LogP contribution in [0.3, 0.4) is 0 Å². The largest absolute Gasteiger partial charge is 0.380 e. The van der Waals surface area contributed by atoms with Gasteiger partial charge >= 0.3 is 0 Å². The van der Waals surface area contributed by atoms with Crippen molar-refractivity contribution in [3.8, 4) is 0 Å². The van der Waals surface area contributed by atoms with Gasteiger partial charge in [-0.3, -0.25) is 0 Å². The normalized spacial score (nSPS) is 24.0. The molecule has 1 N–H and O–H groups in total. The summed E-state index contributed by atoms with van der Waals surface area (Å²) in [6.45, 7) is 2.18. The lowest BCUT2D eigenvalue weighted by atomic mass is 9.98. The molecule has 1 aromatic carbocycles. The Bertz CT molecular complexity index is 434. The van der Waals surface area contributed by atoms with Crippen molar-refractivity contribution in [1.82, 2.24) is 0 Å². The summed E-state index contributed by atoms with van der Waals surface area (Å²) in [6.07, 6.45) is 6.37. The van der Waals surface area contributed by atoms with E-state index in [0.29, 0.717) is 6.07 Å². The first-order chi connectivity index (χ1) is 9.10. The second-order valence-corrected chi connectivity index (χ2v) is 5.37. The van der Waals surface area contributed by atoms with Crippen molar-refractivity contribution >= 4 is 5.69 Å². The molecule has 0 spiro atoms. The number of rotatable bonds is 3. The Balaban J connectivity index is 2.05. The molecule has 4 heteroatoms. The molecule has 1 nitrogen and oxygen atoms in total. The fourth-order valence-electron chi connectivity index (χ4n) is 2.81. The zero-order valence-electron chi connectivity index (χ0n) is 11.2. The van der Waals surface area contributed by atoms with Crippen molar-refractivity contribution in [1.29, 1.82) is 0 Å². The van der Waals surface area contributed by atoms with Gasteiger partial charge in [-0.05, 0) is 25.2 Å². The number of anilines is 1. The van der Waals surface area contributed by atoms with Gasteiger partial charge in [0, 0.05) is 18.2 Å². The highest BCUT2D eigenvalue weighted by molar-refractivity contribution is 5.46. The molecule has 0 amide bonds. The van der Waals surface area contributed by atoms with E-state index in [1.54, 1.807) is 0 Å². The second-order valence-electron chi connectivity index (χ2n) is 5.37. The summed E-state index contributed by atoms with van der Waals surface area (Å²) in [5.41, 5.74) is -0.0579. The Morgan fingerprint density at radius 1 is 1.11 bits per heavy atom. The average molecular weight is 271 g/mol. The number of halogens is 3. The van der Waals surface area contributed by atoms with Crippen LogP contribution in [0, 0.1) is 23.4 Å². The standard InChI is InChI=1S/C15H20F3N/c1-2-10-4-3-5-12(7-6-10)19-14-9-11(16)8-13(17)15(14)18/h8-10,12,19H,2-7H2,1H3. The molecule has 19 heavy (non-hydrogen) atoms. The molecule has 1 aromatic rings. The third-order valence-electron chi connectivity index (χ3n) is 4.02. The lowest BCUT2D eigenvalue weighted by Crippen LogP contribution is -2.19. The van der Waals surface area contributed by atoms with Crippen molar-refractivity contribution in [3.05, 3.63) is 29.6 Å². The first-order valence-corrected chi connectivity index (χ1v) is 7.01. The highest BCUT2D eigenvalue weighted by atomic mass is 19.2. The molecule has 0 bridgehead atoms. The van der Waals surface area contributed by atoms with Gasteiger partial charge in [0.25, 0.3) is 0 Å². The van der Waals surface area contributed by atoms with Crippen LogP contribution >= 0.6 is 0 Å². The lowest BCUT2D eigenvalue weighted by molar-refractivity contribution is 0.444. The van der Waals surface area contributed by atoms with Crippen LogP contribution in [0.15, 0.2) is 12.1 Å². The maximum atomic E-state index is 13.6. The topological polar surface area (TPSA) is 12.0 Å². The van der Waals surface area contributed by atoms with Gasteiger partial charge in [0.05, 0.1) is 5.69 Å². The van der Waals surface area contributed by atoms with Crippen LogP contribution in [0.4, 0.5) is 18.9 Å². The third-order valence-corrected chi connectivity index (χ3v) is 4.02. The SMILES string of the molecule is CCC1CCCC(Nc2cc(F)cc(F)c2F)CC1. The third kappa shape index (κ3) is 3.64. The monoisotopic (exact) mass is 271 g/mol. The summed E-state index contributed by atoms with van der Waals surface area (Å²) < 4.78 is 39.8. The van der Waals surface area contributed by atoms with Crippen LogP contribution in [-0.2, 0) is 0 Å². The Morgan fingerprint density at radius 2 is 1.89 bits per heavy atom. The van der Waals surface area contributed by atoms with Crippen LogP contribution < -0.4 is 5.32 Å². The summed E-state index contributed by atoms with van der Waals surface area (Å²) in [7, 11) is 0. The molecule has 0 aromatic heterocycles. The average Bonchev–Trinajstić information content (AvgIpc) is 2.60. The first-order valence-electron chi connectivity index (χ1n) is 7.01. The van der Waals surface area contributed by atoms with Crippen LogP contribution in [-0.4, -0.2) is 6.04 Å². The molecule has 1 aliphatic carbocycles. The Labute approximate surface area is 112 Å². The smallest absolute Gasteiger partial charge is 0.182 e. The molecular weight excluding hydrogens is 251 g/mol. The van der Waals surface area contributed by atoms with Crippen LogP contribution in [0.25, 0.3) is 0 Å². The van der Waals surface area contributed by atoms with Gasteiger partial charge in [-0.25, -0.2) is 13.2 Å². The molecule has 0 heterocycles. The second kappa shape index (κ2) is 6.31. The molecule has 0 radical (unpaired) electrons. The van der Waals surface area contributed by atoms with Crippen molar-refractivity contribution < 1.29 is 13.2 Å². The van der Waals surface area contributed by atoms with Crippen LogP contribution in [0.2, 0.25) is 0 Å². The molecule has 0 saturated heterocycles. The number of benzene rings is 1. The van der Waals surface area contributed by atoms with E-state index in [1.807, 2.05) is 0 Å². The zero-order valence-corrected chi connectivity index (χ0v) is 11.2. The van der Waals surface area contributed by atoms with Crippen LogP contribution in [0.5, 0.6) is 0 Å². The maximum absolute atomic E-state index is 13.6. The number of hydrogen-bond acceptors (Lipinski definition) is 1. The van der Waals surface area contributed by atoms with E-state index < -0.39 is 17.5 Å². The molecule has 2 unspecified atom stereocenters. The van der Waals surface area contributed by atoms with Crippen LogP contribution in [0.1, 0.15) is 45.4 Å². The maximum Gasteiger partial charge on any atom is 0.182 e. The fraction of sp³-hybridized carbons (Fsp3) is 0.600. The lowest BCUT2D eigenvalue weighted by Gasteiger charge is -2.18. The van der Waals surface area contributed by atoms with Gasteiger partial charge in [-0.1, -0.05) is 26.2 Å². The van der Waals surface area contributed by atoms with Gasteiger partial charge < -0.3 is 5.32 Å². The van der Waals surface area contributed by atoms with Gasteiger partial charge in [0.15, 0.2) is 11.6 Å². The van der Waals surface area contributed by atoms with E-state index in [9.17, 15) is 13.2 Å². The summed E-state index contributed by atoms with van der Waals surface area (Å²) in [6, 6.07) is 1.70. The van der Waals surface area contributed by atoms with Crippen molar-refractivity contribution in [2.24, 2.45) is 5.92 Å². The van der Waals surface area contributed by atoms with E-state index in [2.05, 4.69) is 12.2 Å². The molecule has 2 rings (SSSR count). The minimum Gasteiger partial charge on any atom is -0.380 e. The molecule has 2 atom stereocenters. The molecular formula is C15H20F3N. The Hall–Kier alpha value is -1.19. The highest BCUT2D eigenvalue weighted by Crippen LogP contribution is 2.28. The Kier molecular flexibility index (Phi) is 4.72. The highest BCUT2D eigenvalue weighted by Gasteiger charge is 2.20. The molecule has 1 fully saturated rings. The fourth-order valence-corrected chi connectivity index (χ4v) is 2.81. The van der Waals surface area contributed by atoms with Gasteiger partial charge in [-0.15, -0.1) is 0 Å². The summed E-state index contributed by atoms with van der Waals surface area (Å²) >= 11 is 0. The first kappa shape index (κ1) is 14.2. The van der Waals surface area contributed by atoms with E-state index >= 15 is 0 Å². The quantitative estimate of drug-likeness (QED) is 0.610. The Morgan fingerprint density at radius 3 is 2.63 bits per heavy atom. The van der Waals surface area contributed by atoms with Gasteiger partial charge in [0.1, 0.15) is 5.82 Å². The number of nitrogens with one attached hydrogen (secondary N) is 1. The molecule has 106 valence electrons. The van der Waals surface area contributed by atoms with Crippen molar-refractivity contribution in [2.75, 3.05) is 5.32 Å². The van der Waals surface area contributed by atoms with Crippen molar-refractivity contribution in [2.45, 2.75) is 51.5 Å². The predicted octanol–water partition coefficient (Wildman–Crippen LogP) is 4.87. The minimum atomic E-state index is -1.14. The van der Waals surface area contributed by atoms with E-state index in [4.69, 9.17) is 0 Å². The number of hydrogen-bond donors (Lipinski definition) is 1. The van der Waals surface area contributed by atoms with Crippen molar-refractivity contribution in [3.63, 3.8) is 0 Å². The predicted molar refractivity (Wildman–Crippen MR) is 70.6 cm³/mol.